The monoisotopic (exact) mass is 195 g/mol. The highest BCUT2D eigenvalue weighted by Gasteiger charge is 2.36. The van der Waals surface area contributed by atoms with Gasteiger partial charge in [-0.1, -0.05) is 13.8 Å². The number of nitrogens with one attached hydrogen (secondary N) is 1. The summed E-state index contributed by atoms with van der Waals surface area (Å²) in [6, 6.07) is 0. The minimum Gasteiger partial charge on any atom is -0.317 e. The van der Waals surface area contributed by atoms with Crippen LogP contribution in [0, 0.1) is 17.3 Å². The van der Waals surface area contributed by atoms with Crippen LogP contribution in [0.25, 0.3) is 0 Å². The van der Waals surface area contributed by atoms with E-state index in [9.17, 15) is 0 Å². The van der Waals surface area contributed by atoms with Crippen molar-refractivity contribution >= 4 is 0 Å². The van der Waals surface area contributed by atoms with E-state index in [-0.39, 0.29) is 0 Å². The Morgan fingerprint density at radius 2 is 1.57 bits per heavy atom. The van der Waals surface area contributed by atoms with Crippen LogP contribution in [0.3, 0.4) is 0 Å². The zero-order valence-corrected chi connectivity index (χ0v) is 9.81. The number of hydrogen-bond acceptors (Lipinski definition) is 1. The number of hydrogen-bond donors (Lipinski definition) is 1. The highest BCUT2D eigenvalue weighted by atomic mass is 14.9. The SMILES string of the molecule is CC(C)C1CCC2(CCNCC2)CC1. The summed E-state index contributed by atoms with van der Waals surface area (Å²) in [4.78, 5) is 0. The fourth-order valence-electron chi connectivity index (χ4n) is 3.38. The average Bonchev–Trinajstić information content (AvgIpc) is 2.19. The summed E-state index contributed by atoms with van der Waals surface area (Å²) in [5, 5.41) is 3.49. The molecular weight excluding hydrogens is 170 g/mol. The molecule has 1 aliphatic carbocycles. The molecule has 2 rings (SSSR count). The minimum absolute atomic E-state index is 0.761. The molecule has 14 heavy (non-hydrogen) atoms. The summed E-state index contributed by atoms with van der Waals surface area (Å²) < 4.78 is 0. The Morgan fingerprint density at radius 1 is 1.00 bits per heavy atom. The van der Waals surface area contributed by atoms with Crippen molar-refractivity contribution in [1.29, 1.82) is 0 Å². The molecule has 1 aliphatic heterocycles. The minimum atomic E-state index is 0.761. The van der Waals surface area contributed by atoms with E-state index >= 15 is 0 Å². The second-order valence-corrected chi connectivity index (χ2v) is 5.83. The van der Waals surface area contributed by atoms with Crippen LogP contribution in [0.2, 0.25) is 0 Å². The van der Waals surface area contributed by atoms with E-state index in [0.29, 0.717) is 0 Å². The van der Waals surface area contributed by atoms with E-state index < -0.39 is 0 Å². The normalized spacial score (nSPS) is 28.5. The summed E-state index contributed by atoms with van der Waals surface area (Å²) in [6.45, 7) is 7.33. The lowest BCUT2D eigenvalue weighted by Crippen LogP contribution is -2.39. The molecule has 2 fully saturated rings. The number of piperidine rings is 1. The summed E-state index contributed by atoms with van der Waals surface area (Å²) in [5.74, 6) is 1.93. The zero-order valence-electron chi connectivity index (χ0n) is 9.81. The molecule has 0 amide bonds. The van der Waals surface area contributed by atoms with Gasteiger partial charge in [0.05, 0.1) is 0 Å². The van der Waals surface area contributed by atoms with Gasteiger partial charge < -0.3 is 5.32 Å². The van der Waals surface area contributed by atoms with Gasteiger partial charge in [0, 0.05) is 0 Å². The van der Waals surface area contributed by atoms with Crippen molar-refractivity contribution in [3.8, 4) is 0 Å². The maximum atomic E-state index is 3.49. The Balaban J connectivity index is 1.87. The highest BCUT2D eigenvalue weighted by molar-refractivity contribution is 4.89. The van der Waals surface area contributed by atoms with Crippen LogP contribution in [-0.2, 0) is 0 Å². The van der Waals surface area contributed by atoms with Gasteiger partial charge in [-0.15, -0.1) is 0 Å². The van der Waals surface area contributed by atoms with Crippen molar-refractivity contribution in [1.82, 2.24) is 5.32 Å². The molecule has 2 aliphatic rings. The van der Waals surface area contributed by atoms with Gasteiger partial charge in [-0.25, -0.2) is 0 Å². The lowest BCUT2D eigenvalue weighted by Gasteiger charge is -2.44. The van der Waals surface area contributed by atoms with Gasteiger partial charge in [-0.3, -0.25) is 0 Å². The summed E-state index contributed by atoms with van der Waals surface area (Å²) in [7, 11) is 0. The molecule has 0 radical (unpaired) electrons. The van der Waals surface area contributed by atoms with Crippen molar-refractivity contribution in [2.24, 2.45) is 17.3 Å². The molecule has 1 spiro atoms. The third kappa shape index (κ3) is 2.13. The summed E-state index contributed by atoms with van der Waals surface area (Å²) >= 11 is 0. The maximum absolute atomic E-state index is 3.49. The highest BCUT2D eigenvalue weighted by Crippen LogP contribution is 2.46. The fourth-order valence-corrected chi connectivity index (χ4v) is 3.38. The molecule has 1 saturated heterocycles. The smallest absolute Gasteiger partial charge is 0.00436 e. The van der Waals surface area contributed by atoms with Crippen molar-refractivity contribution in [3.05, 3.63) is 0 Å². The van der Waals surface area contributed by atoms with Crippen LogP contribution in [-0.4, -0.2) is 13.1 Å². The molecule has 0 aromatic rings. The van der Waals surface area contributed by atoms with Gasteiger partial charge in [-0.05, 0) is 68.9 Å². The first-order valence-corrected chi connectivity index (χ1v) is 6.43. The van der Waals surface area contributed by atoms with E-state index in [1.54, 1.807) is 0 Å². The second kappa shape index (κ2) is 4.22. The molecule has 0 bridgehead atoms. The topological polar surface area (TPSA) is 12.0 Å². The molecule has 82 valence electrons. The zero-order chi connectivity index (χ0) is 10.0. The van der Waals surface area contributed by atoms with Crippen molar-refractivity contribution in [2.75, 3.05) is 13.1 Å². The average molecular weight is 195 g/mol. The molecule has 1 saturated carbocycles. The molecule has 0 unspecified atom stereocenters. The third-order valence-corrected chi connectivity index (χ3v) is 4.70. The van der Waals surface area contributed by atoms with Crippen molar-refractivity contribution in [3.63, 3.8) is 0 Å². The Kier molecular flexibility index (Phi) is 3.16. The standard InChI is InChI=1S/C13H25N/c1-11(2)12-3-5-13(6-4-12)7-9-14-10-8-13/h11-12,14H,3-10H2,1-2H3. The lowest BCUT2D eigenvalue weighted by atomic mass is 9.64. The maximum Gasteiger partial charge on any atom is -0.00436 e. The van der Waals surface area contributed by atoms with Gasteiger partial charge in [0.2, 0.25) is 0 Å². The predicted molar refractivity (Wildman–Crippen MR) is 61.3 cm³/mol. The van der Waals surface area contributed by atoms with Crippen LogP contribution in [0.15, 0.2) is 0 Å². The Hall–Kier alpha value is -0.0400. The Labute approximate surface area is 88.7 Å². The molecule has 1 heteroatoms. The molecule has 1 nitrogen and oxygen atoms in total. The van der Waals surface area contributed by atoms with E-state index in [0.717, 1.165) is 17.3 Å². The quantitative estimate of drug-likeness (QED) is 0.677. The Bertz CT molecular complexity index is 170. The van der Waals surface area contributed by atoms with Crippen LogP contribution >= 0.6 is 0 Å². The second-order valence-electron chi connectivity index (χ2n) is 5.83. The molecule has 0 aromatic carbocycles. The molecule has 1 heterocycles. The van der Waals surface area contributed by atoms with E-state index in [4.69, 9.17) is 0 Å². The first-order valence-electron chi connectivity index (χ1n) is 6.43. The lowest BCUT2D eigenvalue weighted by molar-refractivity contribution is 0.0900. The molecule has 0 atom stereocenters. The van der Waals surface area contributed by atoms with Gasteiger partial charge >= 0.3 is 0 Å². The first kappa shape index (κ1) is 10.5. The van der Waals surface area contributed by atoms with Gasteiger partial charge in [-0.2, -0.15) is 0 Å². The molecule has 0 aromatic heterocycles. The first-order chi connectivity index (χ1) is 6.72. The van der Waals surface area contributed by atoms with Gasteiger partial charge in [0.1, 0.15) is 0 Å². The molecule has 1 N–H and O–H groups in total. The fraction of sp³-hybridized carbons (Fsp3) is 1.00. The number of rotatable bonds is 1. The van der Waals surface area contributed by atoms with Gasteiger partial charge in [0.15, 0.2) is 0 Å². The largest absolute Gasteiger partial charge is 0.317 e. The summed E-state index contributed by atoms with van der Waals surface area (Å²) in [6.07, 6.45) is 8.90. The van der Waals surface area contributed by atoms with Crippen LogP contribution in [0.4, 0.5) is 0 Å². The van der Waals surface area contributed by atoms with Crippen LogP contribution in [0.1, 0.15) is 52.4 Å². The van der Waals surface area contributed by atoms with Crippen molar-refractivity contribution < 1.29 is 0 Å². The summed E-state index contributed by atoms with van der Waals surface area (Å²) in [5.41, 5.74) is 0.761. The third-order valence-electron chi connectivity index (χ3n) is 4.70. The van der Waals surface area contributed by atoms with Crippen LogP contribution in [0.5, 0.6) is 0 Å². The van der Waals surface area contributed by atoms with Crippen LogP contribution < -0.4 is 5.32 Å². The van der Waals surface area contributed by atoms with E-state index in [1.165, 1.54) is 51.6 Å². The predicted octanol–water partition coefficient (Wildman–Crippen LogP) is 3.20. The molecular formula is C13H25N. The van der Waals surface area contributed by atoms with E-state index in [1.807, 2.05) is 0 Å². The van der Waals surface area contributed by atoms with E-state index in [2.05, 4.69) is 19.2 Å². The van der Waals surface area contributed by atoms with Crippen molar-refractivity contribution in [2.45, 2.75) is 52.4 Å². The van der Waals surface area contributed by atoms with Gasteiger partial charge in [0.25, 0.3) is 0 Å². The Morgan fingerprint density at radius 3 is 2.07 bits per heavy atom.